The molecule has 0 bridgehead atoms. The maximum absolute atomic E-state index is 12.3. The first-order valence-electron chi connectivity index (χ1n) is 9.32. The number of piperidine rings is 1. The lowest BCUT2D eigenvalue weighted by Gasteiger charge is -2.44. The van der Waals surface area contributed by atoms with E-state index < -0.39 is 6.10 Å². The van der Waals surface area contributed by atoms with E-state index in [1.54, 1.807) is 12.1 Å². The SMILES string of the molecule is O=C(c1ccc(OC2CC(N3CCCCC3)C2)cc1)N1CC(O)CO1. The zero-order valence-electron chi connectivity index (χ0n) is 14.5. The summed E-state index contributed by atoms with van der Waals surface area (Å²) in [6.07, 6.45) is 5.91. The topological polar surface area (TPSA) is 62.2 Å². The average molecular weight is 346 g/mol. The maximum atomic E-state index is 12.3. The largest absolute Gasteiger partial charge is 0.490 e. The van der Waals surface area contributed by atoms with Crippen molar-refractivity contribution >= 4 is 5.91 Å². The number of carbonyl (C=O) groups excluding carboxylic acids is 1. The molecule has 0 radical (unpaired) electrons. The van der Waals surface area contributed by atoms with Gasteiger partial charge in [-0.3, -0.25) is 9.63 Å². The highest BCUT2D eigenvalue weighted by molar-refractivity contribution is 5.93. The molecular weight excluding hydrogens is 320 g/mol. The Morgan fingerprint density at radius 3 is 2.48 bits per heavy atom. The predicted octanol–water partition coefficient (Wildman–Crippen LogP) is 1.83. The zero-order chi connectivity index (χ0) is 17.2. The normalized spacial score (nSPS) is 30.1. The van der Waals surface area contributed by atoms with Crippen molar-refractivity contribution in [3.63, 3.8) is 0 Å². The van der Waals surface area contributed by atoms with Crippen LogP contribution in [-0.4, -0.2) is 65.5 Å². The number of ether oxygens (including phenoxy) is 1. The monoisotopic (exact) mass is 346 g/mol. The quantitative estimate of drug-likeness (QED) is 0.901. The van der Waals surface area contributed by atoms with Gasteiger partial charge in [0.05, 0.1) is 6.54 Å². The molecule has 4 rings (SSSR count). The van der Waals surface area contributed by atoms with Gasteiger partial charge in [-0.25, -0.2) is 5.06 Å². The van der Waals surface area contributed by atoms with E-state index in [0.29, 0.717) is 11.6 Å². The summed E-state index contributed by atoms with van der Waals surface area (Å²) in [5.74, 6) is 0.581. The molecule has 6 nitrogen and oxygen atoms in total. The molecular formula is C19H26N2O4. The number of aliphatic hydroxyl groups is 1. The van der Waals surface area contributed by atoms with Crippen LogP contribution in [0.4, 0.5) is 0 Å². The van der Waals surface area contributed by atoms with E-state index in [-0.39, 0.29) is 25.2 Å². The second-order valence-electron chi connectivity index (χ2n) is 7.30. The van der Waals surface area contributed by atoms with Crippen LogP contribution in [0.3, 0.4) is 0 Å². The average Bonchev–Trinajstić information content (AvgIpc) is 3.05. The van der Waals surface area contributed by atoms with Crippen LogP contribution in [0.15, 0.2) is 24.3 Å². The summed E-state index contributed by atoms with van der Waals surface area (Å²) in [5, 5.41) is 10.7. The standard InChI is InChI=1S/C19H26N2O4/c22-16-12-21(24-13-16)19(23)14-4-6-17(7-5-14)25-18-10-15(11-18)20-8-2-1-3-9-20/h4-7,15-16,18,22H,1-3,8-13H2. The zero-order valence-corrected chi connectivity index (χ0v) is 14.5. The number of benzene rings is 1. The molecule has 3 fully saturated rings. The van der Waals surface area contributed by atoms with E-state index in [4.69, 9.17) is 9.57 Å². The number of β-amino-alcohol motifs (C(OH)–C–C–N with tert-alkyl or cyclic N) is 1. The molecule has 1 atom stereocenters. The van der Waals surface area contributed by atoms with Crippen molar-refractivity contribution in [3.05, 3.63) is 29.8 Å². The number of amides is 1. The number of rotatable bonds is 4. The molecule has 2 saturated heterocycles. The van der Waals surface area contributed by atoms with Gasteiger partial charge >= 0.3 is 0 Å². The van der Waals surface area contributed by atoms with Crippen LogP contribution in [0, 0.1) is 0 Å². The van der Waals surface area contributed by atoms with E-state index >= 15 is 0 Å². The molecule has 0 aromatic heterocycles. The highest BCUT2D eigenvalue weighted by Crippen LogP contribution is 2.31. The van der Waals surface area contributed by atoms with Gasteiger partial charge in [-0.1, -0.05) is 6.42 Å². The first-order chi connectivity index (χ1) is 12.2. The Labute approximate surface area is 148 Å². The Balaban J connectivity index is 1.26. The van der Waals surface area contributed by atoms with Crippen LogP contribution in [0.25, 0.3) is 0 Å². The first kappa shape index (κ1) is 16.8. The second kappa shape index (κ2) is 7.32. The molecule has 0 spiro atoms. The molecule has 1 unspecified atom stereocenters. The molecule has 1 aromatic carbocycles. The summed E-state index contributed by atoms with van der Waals surface area (Å²) in [7, 11) is 0. The second-order valence-corrected chi connectivity index (χ2v) is 7.30. The number of hydrogen-bond acceptors (Lipinski definition) is 5. The lowest BCUT2D eigenvalue weighted by Crippen LogP contribution is -2.50. The Morgan fingerprint density at radius 1 is 1.12 bits per heavy atom. The van der Waals surface area contributed by atoms with Crippen LogP contribution in [0.5, 0.6) is 5.75 Å². The molecule has 2 aliphatic heterocycles. The van der Waals surface area contributed by atoms with Gasteiger partial charge in [-0.2, -0.15) is 0 Å². The number of carbonyl (C=O) groups is 1. The maximum Gasteiger partial charge on any atom is 0.277 e. The molecule has 3 aliphatic rings. The predicted molar refractivity (Wildman–Crippen MR) is 92.3 cm³/mol. The van der Waals surface area contributed by atoms with Crippen molar-refractivity contribution in [2.45, 2.75) is 50.4 Å². The molecule has 25 heavy (non-hydrogen) atoms. The molecule has 1 N–H and O–H groups in total. The lowest BCUT2D eigenvalue weighted by atomic mass is 9.86. The van der Waals surface area contributed by atoms with Crippen LogP contribution in [-0.2, 0) is 4.84 Å². The van der Waals surface area contributed by atoms with Crippen LogP contribution < -0.4 is 4.74 Å². The number of nitrogens with zero attached hydrogens (tertiary/aromatic N) is 2. The fourth-order valence-electron chi connectivity index (χ4n) is 3.84. The molecule has 1 amide bonds. The highest BCUT2D eigenvalue weighted by Gasteiger charge is 2.35. The highest BCUT2D eigenvalue weighted by atomic mass is 16.7. The molecule has 136 valence electrons. The smallest absolute Gasteiger partial charge is 0.277 e. The molecule has 1 aromatic rings. The Bertz CT molecular complexity index is 594. The fraction of sp³-hybridized carbons (Fsp3) is 0.632. The van der Waals surface area contributed by atoms with Gasteiger partial charge < -0.3 is 14.7 Å². The molecule has 1 saturated carbocycles. The summed E-state index contributed by atoms with van der Waals surface area (Å²) in [5.41, 5.74) is 0.543. The van der Waals surface area contributed by atoms with Gasteiger partial charge in [-0.15, -0.1) is 0 Å². The van der Waals surface area contributed by atoms with Crippen molar-refractivity contribution in [2.24, 2.45) is 0 Å². The minimum absolute atomic E-state index is 0.173. The van der Waals surface area contributed by atoms with Gasteiger partial charge in [-0.05, 0) is 50.2 Å². The van der Waals surface area contributed by atoms with Crippen LogP contribution in [0.1, 0.15) is 42.5 Å². The van der Waals surface area contributed by atoms with Crippen molar-refractivity contribution in [3.8, 4) is 5.75 Å². The third kappa shape index (κ3) is 3.81. The van der Waals surface area contributed by atoms with E-state index in [9.17, 15) is 9.90 Å². The Kier molecular flexibility index (Phi) is 4.92. The van der Waals surface area contributed by atoms with Gasteiger partial charge in [0.25, 0.3) is 5.91 Å². The van der Waals surface area contributed by atoms with Gasteiger partial charge in [0.2, 0.25) is 0 Å². The summed E-state index contributed by atoms with van der Waals surface area (Å²) in [4.78, 5) is 20.0. The van der Waals surface area contributed by atoms with Gasteiger partial charge in [0, 0.05) is 24.4 Å². The van der Waals surface area contributed by atoms with Gasteiger partial charge in [0.1, 0.15) is 24.6 Å². The van der Waals surface area contributed by atoms with Crippen molar-refractivity contribution < 1.29 is 19.5 Å². The third-order valence-corrected chi connectivity index (χ3v) is 5.41. The number of aliphatic hydroxyl groups excluding tert-OH is 1. The first-order valence-corrected chi connectivity index (χ1v) is 9.32. The van der Waals surface area contributed by atoms with Crippen molar-refractivity contribution in [1.29, 1.82) is 0 Å². The van der Waals surface area contributed by atoms with E-state index in [1.165, 1.54) is 37.4 Å². The van der Waals surface area contributed by atoms with Crippen molar-refractivity contribution in [2.75, 3.05) is 26.2 Å². The number of likely N-dealkylation sites (tertiary alicyclic amines) is 1. The van der Waals surface area contributed by atoms with Crippen LogP contribution >= 0.6 is 0 Å². The van der Waals surface area contributed by atoms with E-state index in [0.717, 1.165) is 18.6 Å². The Morgan fingerprint density at radius 2 is 1.84 bits per heavy atom. The van der Waals surface area contributed by atoms with E-state index in [1.807, 2.05) is 12.1 Å². The van der Waals surface area contributed by atoms with Gasteiger partial charge in [0.15, 0.2) is 0 Å². The van der Waals surface area contributed by atoms with Crippen LogP contribution in [0.2, 0.25) is 0 Å². The molecule has 6 heteroatoms. The summed E-state index contributed by atoms with van der Waals surface area (Å²) in [6, 6.07) is 7.88. The number of hydroxylamine groups is 2. The summed E-state index contributed by atoms with van der Waals surface area (Å²) < 4.78 is 6.03. The minimum atomic E-state index is -0.599. The fourth-order valence-corrected chi connectivity index (χ4v) is 3.84. The lowest BCUT2D eigenvalue weighted by molar-refractivity contribution is -0.0779. The Hall–Kier alpha value is -1.63. The summed E-state index contributed by atoms with van der Waals surface area (Å²) >= 11 is 0. The minimum Gasteiger partial charge on any atom is -0.490 e. The molecule has 1 aliphatic carbocycles. The summed E-state index contributed by atoms with van der Waals surface area (Å²) in [6.45, 7) is 2.87. The third-order valence-electron chi connectivity index (χ3n) is 5.41. The molecule has 2 heterocycles. The van der Waals surface area contributed by atoms with Crippen molar-refractivity contribution in [1.82, 2.24) is 9.96 Å². The number of hydrogen-bond donors (Lipinski definition) is 1. The van der Waals surface area contributed by atoms with E-state index in [2.05, 4.69) is 4.90 Å².